The largest absolute Gasteiger partial charge is 0.398 e. The zero-order valence-corrected chi connectivity index (χ0v) is 11.4. The highest BCUT2D eigenvalue weighted by Gasteiger charge is 2.18. The minimum Gasteiger partial charge on any atom is -0.398 e. The van der Waals surface area contributed by atoms with Gasteiger partial charge in [0.2, 0.25) is 0 Å². The Morgan fingerprint density at radius 1 is 1.37 bits per heavy atom. The molecule has 0 aliphatic rings. The SMILES string of the molecule is CCN(CC)C(=O)n1c(=O)[nH]c2cc(C)c(N)cc21. The van der Waals surface area contributed by atoms with Crippen LogP contribution in [-0.2, 0) is 0 Å². The number of nitrogens with one attached hydrogen (secondary N) is 1. The highest BCUT2D eigenvalue weighted by Crippen LogP contribution is 2.19. The molecule has 0 unspecified atom stereocenters. The van der Waals surface area contributed by atoms with Crippen LogP contribution in [-0.4, -0.2) is 33.6 Å². The number of imidazole rings is 1. The van der Waals surface area contributed by atoms with Crippen molar-refractivity contribution in [3.63, 3.8) is 0 Å². The number of aromatic amines is 1. The zero-order chi connectivity index (χ0) is 14.2. The van der Waals surface area contributed by atoms with Gasteiger partial charge in [-0.3, -0.25) is 0 Å². The van der Waals surface area contributed by atoms with Crippen LogP contribution in [0.1, 0.15) is 19.4 Å². The summed E-state index contributed by atoms with van der Waals surface area (Å²) >= 11 is 0. The van der Waals surface area contributed by atoms with E-state index in [1.54, 1.807) is 17.0 Å². The number of benzene rings is 1. The average molecular weight is 262 g/mol. The number of nitrogens with zero attached hydrogens (tertiary/aromatic N) is 2. The Balaban J connectivity index is 2.66. The minimum atomic E-state index is -0.433. The van der Waals surface area contributed by atoms with Gasteiger partial charge in [-0.25, -0.2) is 14.2 Å². The number of rotatable bonds is 2. The van der Waals surface area contributed by atoms with E-state index in [4.69, 9.17) is 5.73 Å². The first kappa shape index (κ1) is 13.2. The van der Waals surface area contributed by atoms with Crippen LogP contribution in [0.4, 0.5) is 10.5 Å². The monoisotopic (exact) mass is 262 g/mol. The maximum atomic E-state index is 12.3. The molecule has 0 radical (unpaired) electrons. The average Bonchev–Trinajstić information content (AvgIpc) is 2.66. The lowest BCUT2D eigenvalue weighted by molar-refractivity contribution is 0.205. The van der Waals surface area contributed by atoms with Crippen molar-refractivity contribution in [2.24, 2.45) is 0 Å². The molecule has 0 aliphatic heterocycles. The number of hydrogen-bond donors (Lipinski definition) is 2. The number of nitrogen functional groups attached to an aromatic ring is 1. The van der Waals surface area contributed by atoms with Crippen molar-refractivity contribution in [2.45, 2.75) is 20.8 Å². The molecule has 2 aromatic rings. The lowest BCUT2D eigenvalue weighted by atomic mass is 10.2. The number of carbonyl (C=O) groups excluding carboxylic acids is 1. The maximum Gasteiger partial charge on any atom is 0.334 e. The Labute approximate surface area is 110 Å². The normalized spacial score (nSPS) is 10.9. The predicted octanol–water partition coefficient (Wildman–Crippen LogP) is 1.53. The van der Waals surface area contributed by atoms with Crippen molar-refractivity contribution < 1.29 is 4.79 Å². The quantitative estimate of drug-likeness (QED) is 0.805. The Bertz CT molecular complexity index is 680. The third kappa shape index (κ3) is 2.09. The number of amides is 1. The molecule has 0 saturated carbocycles. The van der Waals surface area contributed by atoms with Crippen molar-refractivity contribution in [3.8, 4) is 0 Å². The molecule has 102 valence electrons. The summed E-state index contributed by atoms with van der Waals surface area (Å²) in [5.41, 5.74) is 7.99. The molecule has 3 N–H and O–H groups in total. The second-order valence-electron chi connectivity index (χ2n) is 4.45. The van der Waals surface area contributed by atoms with Crippen LogP contribution in [0, 0.1) is 6.92 Å². The fraction of sp³-hybridized carbons (Fsp3) is 0.385. The molecule has 1 aromatic carbocycles. The molecule has 0 fully saturated rings. The van der Waals surface area contributed by atoms with Crippen LogP contribution in [0.5, 0.6) is 0 Å². The molecule has 1 amide bonds. The van der Waals surface area contributed by atoms with Crippen LogP contribution in [0.2, 0.25) is 0 Å². The van der Waals surface area contributed by atoms with Crippen LogP contribution >= 0.6 is 0 Å². The van der Waals surface area contributed by atoms with Gasteiger partial charge in [0.25, 0.3) is 0 Å². The van der Waals surface area contributed by atoms with E-state index in [2.05, 4.69) is 4.98 Å². The van der Waals surface area contributed by atoms with Crippen molar-refractivity contribution in [2.75, 3.05) is 18.8 Å². The molecule has 0 bridgehead atoms. The third-order valence-corrected chi connectivity index (χ3v) is 3.30. The van der Waals surface area contributed by atoms with E-state index in [1.165, 1.54) is 0 Å². The Morgan fingerprint density at radius 2 is 2.00 bits per heavy atom. The molecule has 19 heavy (non-hydrogen) atoms. The highest BCUT2D eigenvalue weighted by molar-refractivity contribution is 5.91. The summed E-state index contributed by atoms with van der Waals surface area (Å²) in [5, 5.41) is 0. The summed E-state index contributed by atoms with van der Waals surface area (Å²) in [6.45, 7) is 6.71. The van der Waals surface area contributed by atoms with E-state index in [0.717, 1.165) is 10.1 Å². The third-order valence-electron chi connectivity index (χ3n) is 3.30. The lowest BCUT2D eigenvalue weighted by Crippen LogP contribution is -2.38. The van der Waals surface area contributed by atoms with Gasteiger partial charge in [0.15, 0.2) is 0 Å². The summed E-state index contributed by atoms with van der Waals surface area (Å²) < 4.78 is 1.14. The standard InChI is InChI=1S/C13H18N4O2/c1-4-16(5-2)13(19)17-11-7-9(14)8(3)6-10(11)15-12(17)18/h6-7H,4-5,14H2,1-3H3,(H,15,18). The molecule has 0 saturated heterocycles. The fourth-order valence-electron chi connectivity index (χ4n) is 2.10. The summed E-state index contributed by atoms with van der Waals surface area (Å²) in [4.78, 5) is 28.6. The van der Waals surface area contributed by atoms with Gasteiger partial charge in [0, 0.05) is 18.8 Å². The lowest BCUT2D eigenvalue weighted by Gasteiger charge is -2.18. The molecule has 2 rings (SSSR count). The van der Waals surface area contributed by atoms with E-state index in [9.17, 15) is 9.59 Å². The van der Waals surface area contributed by atoms with Crippen molar-refractivity contribution >= 4 is 22.8 Å². The number of nitrogens with two attached hydrogens (primary N) is 1. The molecule has 6 heteroatoms. The first-order valence-electron chi connectivity index (χ1n) is 6.29. The van der Waals surface area contributed by atoms with Gasteiger partial charge < -0.3 is 15.6 Å². The topological polar surface area (TPSA) is 84.1 Å². The second kappa shape index (κ2) is 4.79. The smallest absolute Gasteiger partial charge is 0.334 e. The first-order chi connectivity index (χ1) is 8.99. The molecule has 6 nitrogen and oxygen atoms in total. The zero-order valence-electron chi connectivity index (χ0n) is 11.4. The molecular weight excluding hydrogens is 244 g/mol. The number of aryl methyl sites for hydroxylation is 1. The number of H-pyrrole nitrogens is 1. The van der Waals surface area contributed by atoms with Crippen LogP contribution in [0.3, 0.4) is 0 Å². The molecule has 1 aromatic heterocycles. The van der Waals surface area contributed by atoms with Crippen molar-refractivity contribution in [3.05, 3.63) is 28.2 Å². The number of carbonyl (C=O) groups is 1. The van der Waals surface area contributed by atoms with E-state index >= 15 is 0 Å². The molecule has 1 heterocycles. The summed E-state index contributed by atoms with van der Waals surface area (Å²) in [5.74, 6) is 0. The molecule has 0 spiro atoms. The molecular formula is C13H18N4O2. The number of aromatic nitrogens is 2. The van der Waals surface area contributed by atoms with E-state index in [1.807, 2.05) is 20.8 Å². The number of hydrogen-bond acceptors (Lipinski definition) is 3. The van der Waals surface area contributed by atoms with Crippen molar-refractivity contribution in [1.29, 1.82) is 0 Å². The summed E-state index contributed by atoms with van der Waals surface area (Å²) in [7, 11) is 0. The fourth-order valence-corrected chi connectivity index (χ4v) is 2.10. The van der Waals surface area contributed by atoms with Crippen molar-refractivity contribution in [1.82, 2.24) is 14.5 Å². The van der Waals surface area contributed by atoms with Crippen LogP contribution in [0.25, 0.3) is 11.0 Å². The number of anilines is 1. The predicted molar refractivity (Wildman–Crippen MR) is 75.4 cm³/mol. The molecule has 0 atom stereocenters. The summed E-state index contributed by atoms with van der Waals surface area (Å²) in [6, 6.07) is 3.10. The van der Waals surface area contributed by atoms with E-state index < -0.39 is 5.69 Å². The number of fused-ring (bicyclic) bond motifs is 1. The van der Waals surface area contributed by atoms with Gasteiger partial charge in [-0.15, -0.1) is 0 Å². The maximum absolute atomic E-state index is 12.3. The minimum absolute atomic E-state index is 0.329. The molecule has 0 aliphatic carbocycles. The summed E-state index contributed by atoms with van der Waals surface area (Å²) in [6.07, 6.45) is 0. The van der Waals surface area contributed by atoms with E-state index in [-0.39, 0.29) is 6.03 Å². The van der Waals surface area contributed by atoms with Crippen LogP contribution < -0.4 is 11.4 Å². The highest BCUT2D eigenvalue weighted by atomic mass is 16.2. The second-order valence-corrected chi connectivity index (χ2v) is 4.45. The van der Waals surface area contributed by atoms with Crippen LogP contribution in [0.15, 0.2) is 16.9 Å². The van der Waals surface area contributed by atoms with Gasteiger partial charge in [-0.1, -0.05) is 0 Å². The van der Waals surface area contributed by atoms with Gasteiger partial charge in [0.1, 0.15) is 0 Å². The Hall–Kier alpha value is -2.24. The van der Waals surface area contributed by atoms with Gasteiger partial charge in [-0.05, 0) is 38.5 Å². The van der Waals surface area contributed by atoms with Gasteiger partial charge >= 0.3 is 11.7 Å². The van der Waals surface area contributed by atoms with Gasteiger partial charge in [0.05, 0.1) is 11.0 Å². The first-order valence-corrected chi connectivity index (χ1v) is 6.29. The van der Waals surface area contributed by atoms with E-state index in [0.29, 0.717) is 29.8 Å². The van der Waals surface area contributed by atoms with Gasteiger partial charge in [-0.2, -0.15) is 0 Å². The Kier molecular flexibility index (Phi) is 3.33. The Morgan fingerprint density at radius 3 is 2.58 bits per heavy atom.